The molecule has 0 aliphatic carbocycles. The Morgan fingerprint density at radius 1 is 1.38 bits per heavy atom. The summed E-state index contributed by atoms with van der Waals surface area (Å²) in [4.78, 5) is 14.2. The van der Waals surface area contributed by atoms with Crippen LogP contribution in [0.15, 0.2) is 11.8 Å². The number of rotatable bonds is 8. The van der Waals surface area contributed by atoms with Gasteiger partial charge >= 0.3 is 0 Å². The Kier molecular flexibility index (Phi) is 8.48. The van der Waals surface area contributed by atoms with E-state index in [1.54, 1.807) is 0 Å². The van der Waals surface area contributed by atoms with Crippen LogP contribution in [0.4, 0.5) is 0 Å². The van der Waals surface area contributed by atoms with E-state index in [2.05, 4.69) is 34.7 Å². The van der Waals surface area contributed by atoms with Crippen molar-refractivity contribution >= 4 is 5.91 Å². The second-order valence-corrected chi connectivity index (χ2v) is 5.65. The van der Waals surface area contributed by atoms with Gasteiger partial charge in [0.25, 0.3) is 5.91 Å². The van der Waals surface area contributed by atoms with Gasteiger partial charge in [-0.05, 0) is 12.3 Å². The van der Waals surface area contributed by atoms with Gasteiger partial charge in [0.15, 0.2) is 0 Å². The van der Waals surface area contributed by atoms with Crippen molar-refractivity contribution in [2.24, 2.45) is 5.92 Å². The Bertz CT molecular complexity index is 380. The molecule has 0 aromatic heterocycles. The summed E-state index contributed by atoms with van der Waals surface area (Å²) in [5.41, 5.74) is 0.138. The molecule has 0 unspecified atom stereocenters. The maximum atomic E-state index is 11.9. The highest BCUT2D eigenvalue weighted by molar-refractivity contribution is 5.97. The van der Waals surface area contributed by atoms with Gasteiger partial charge in [-0.15, -0.1) is 0 Å². The zero-order chi connectivity index (χ0) is 15.5. The van der Waals surface area contributed by atoms with E-state index in [1.165, 1.54) is 6.20 Å². The maximum Gasteiger partial charge on any atom is 0.263 e. The normalized spacial score (nSPS) is 16.6. The molecule has 6 heteroatoms. The van der Waals surface area contributed by atoms with E-state index in [0.717, 1.165) is 45.7 Å². The fourth-order valence-corrected chi connectivity index (χ4v) is 2.05. The number of amides is 1. The van der Waals surface area contributed by atoms with Gasteiger partial charge in [-0.2, -0.15) is 5.26 Å². The highest BCUT2D eigenvalue weighted by Gasteiger charge is 2.11. The predicted molar refractivity (Wildman–Crippen MR) is 83.5 cm³/mol. The second kappa shape index (κ2) is 10.2. The van der Waals surface area contributed by atoms with Gasteiger partial charge in [-0.25, -0.2) is 0 Å². The van der Waals surface area contributed by atoms with Crippen molar-refractivity contribution in [2.75, 3.05) is 45.8 Å². The Labute approximate surface area is 127 Å². The number of nitriles is 1. The van der Waals surface area contributed by atoms with E-state index >= 15 is 0 Å². The maximum absolute atomic E-state index is 11.9. The Morgan fingerprint density at radius 3 is 2.71 bits per heavy atom. The van der Waals surface area contributed by atoms with Crippen LogP contribution in [0.3, 0.4) is 0 Å². The van der Waals surface area contributed by atoms with Crippen molar-refractivity contribution in [3.63, 3.8) is 0 Å². The van der Waals surface area contributed by atoms with Gasteiger partial charge in [-0.3, -0.25) is 9.69 Å². The monoisotopic (exact) mass is 293 g/mol. The average molecular weight is 293 g/mol. The zero-order valence-electron chi connectivity index (χ0n) is 13.1. The van der Waals surface area contributed by atoms with E-state index in [9.17, 15) is 4.79 Å². The van der Waals surface area contributed by atoms with Crippen LogP contribution in [0.25, 0.3) is 0 Å². The van der Waals surface area contributed by atoms with Gasteiger partial charge in [0.05, 0.1) is 0 Å². The zero-order valence-corrected chi connectivity index (χ0v) is 13.1. The van der Waals surface area contributed by atoms with Crippen LogP contribution in [0.1, 0.15) is 20.3 Å². The number of hydrogen-bond donors (Lipinski definition) is 3. The summed E-state index contributed by atoms with van der Waals surface area (Å²) in [6.07, 6.45) is 2.53. The van der Waals surface area contributed by atoms with Crippen LogP contribution < -0.4 is 16.0 Å². The van der Waals surface area contributed by atoms with Crippen molar-refractivity contribution in [2.45, 2.75) is 20.3 Å². The predicted octanol–water partition coefficient (Wildman–Crippen LogP) is 0.0510. The fraction of sp³-hybridized carbons (Fsp3) is 0.733. The molecule has 0 aromatic rings. The van der Waals surface area contributed by atoms with Gasteiger partial charge in [0.1, 0.15) is 11.6 Å². The van der Waals surface area contributed by atoms with E-state index in [-0.39, 0.29) is 11.5 Å². The molecule has 0 spiro atoms. The van der Waals surface area contributed by atoms with E-state index in [0.29, 0.717) is 12.5 Å². The lowest BCUT2D eigenvalue weighted by Gasteiger charge is -2.27. The standard InChI is InChI=1S/C15H27N5O/c1-13(2)3-4-18-12-14(11-16)15(21)19-7-10-20-8-5-17-6-9-20/h12-13,17-18H,3-10H2,1-2H3,(H,19,21)/b14-12-. The molecule has 1 heterocycles. The Balaban J connectivity index is 2.24. The van der Waals surface area contributed by atoms with Crippen LogP contribution >= 0.6 is 0 Å². The molecule has 0 radical (unpaired) electrons. The van der Waals surface area contributed by atoms with Crippen LogP contribution in [0, 0.1) is 17.2 Å². The minimum Gasteiger partial charge on any atom is -0.390 e. The third-order valence-corrected chi connectivity index (χ3v) is 3.40. The number of piperazine rings is 1. The fourth-order valence-electron chi connectivity index (χ4n) is 2.05. The van der Waals surface area contributed by atoms with Crippen molar-refractivity contribution in [3.8, 4) is 6.07 Å². The van der Waals surface area contributed by atoms with E-state index < -0.39 is 0 Å². The first kappa shape index (κ1) is 17.5. The number of nitrogens with zero attached hydrogens (tertiary/aromatic N) is 2. The lowest BCUT2D eigenvalue weighted by atomic mass is 10.1. The molecule has 1 rings (SSSR count). The van der Waals surface area contributed by atoms with Crippen molar-refractivity contribution < 1.29 is 4.79 Å². The van der Waals surface area contributed by atoms with Gasteiger partial charge < -0.3 is 16.0 Å². The van der Waals surface area contributed by atoms with Crippen LogP contribution in [0.2, 0.25) is 0 Å². The minimum absolute atomic E-state index is 0.138. The summed E-state index contributed by atoms with van der Waals surface area (Å²) in [6.45, 7) is 10.5. The van der Waals surface area contributed by atoms with E-state index in [4.69, 9.17) is 5.26 Å². The highest BCUT2D eigenvalue weighted by Crippen LogP contribution is 1.97. The Morgan fingerprint density at radius 2 is 2.10 bits per heavy atom. The van der Waals surface area contributed by atoms with Crippen LogP contribution in [0.5, 0.6) is 0 Å². The molecule has 21 heavy (non-hydrogen) atoms. The summed E-state index contributed by atoms with van der Waals surface area (Å²) < 4.78 is 0. The first-order chi connectivity index (χ1) is 10.1. The number of carbonyl (C=O) groups excluding carboxylic acids is 1. The summed E-state index contributed by atoms with van der Waals surface area (Å²) >= 11 is 0. The van der Waals surface area contributed by atoms with Crippen molar-refractivity contribution in [1.29, 1.82) is 5.26 Å². The number of carbonyl (C=O) groups is 1. The van der Waals surface area contributed by atoms with E-state index in [1.807, 2.05) is 6.07 Å². The van der Waals surface area contributed by atoms with Crippen molar-refractivity contribution in [1.82, 2.24) is 20.9 Å². The molecule has 118 valence electrons. The first-order valence-corrected chi connectivity index (χ1v) is 7.68. The molecule has 1 amide bonds. The number of hydrogen-bond acceptors (Lipinski definition) is 5. The molecular weight excluding hydrogens is 266 g/mol. The third-order valence-electron chi connectivity index (χ3n) is 3.40. The molecule has 1 saturated heterocycles. The molecular formula is C15H27N5O. The SMILES string of the molecule is CC(C)CCN/C=C(/C#N)C(=O)NCCN1CCNCC1. The average Bonchev–Trinajstić information content (AvgIpc) is 2.48. The van der Waals surface area contributed by atoms with Crippen LogP contribution in [-0.2, 0) is 4.79 Å². The molecule has 0 saturated carbocycles. The summed E-state index contributed by atoms with van der Waals surface area (Å²) in [7, 11) is 0. The molecule has 6 nitrogen and oxygen atoms in total. The molecule has 1 aliphatic rings. The Hall–Kier alpha value is -1.58. The minimum atomic E-state index is -0.301. The largest absolute Gasteiger partial charge is 0.390 e. The summed E-state index contributed by atoms with van der Waals surface area (Å²) in [6, 6.07) is 1.94. The van der Waals surface area contributed by atoms with Crippen LogP contribution in [-0.4, -0.2) is 56.6 Å². The summed E-state index contributed by atoms with van der Waals surface area (Å²) in [5.74, 6) is 0.300. The number of nitrogens with one attached hydrogen (secondary N) is 3. The molecule has 3 N–H and O–H groups in total. The molecule has 1 fully saturated rings. The summed E-state index contributed by atoms with van der Waals surface area (Å²) in [5, 5.41) is 18.1. The molecule has 0 atom stereocenters. The highest BCUT2D eigenvalue weighted by atomic mass is 16.1. The van der Waals surface area contributed by atoms with Gasteiger partial charge in [0, 0.05) is 52.0 Å². The quantitative estimate of drug-likeness (QED) is 0.335. The van der Waals surface area contributed by atoms with Gasteiger partial charge in [0.2, 0.25) is 0 Å². The first-order valence-electron chi connectivity index (χ1n) is 7.68. The smallest absolute Gasteiger partial charge is 0.263 e. The molecule has 0 aromatic carbocycles. The molecule has 0 bridgehead atoms. The molecule has 1 aliphatic heterocycles. The lowest BCUT2D eigenvalue weighted by Crippen LogP contribution is -2.46. The third kappa shape index (κ3) is 7.69. The van der Waals surface area contributed by atoms with Gasteiger partial charge in [-0.1, -0.05) is 13.8 Å². The topological polar surface area (TPSA) is 80.2 Å². The second-order valence-electron chi connectivity index (χ2n) is 5.65. The van der Waals surface area contributed by atoms with Crippen molar-refractivity contribution in [3.05, 3.63) is 11.8 Å². The lowest BCUT2D eigenvalue weighted by molar-refractivity contribution is -0.117.